The van der Waals surface area contributed by atoms with E-state index in [1.54, 1.807) is 0 Å². The molecule has 2 nitrogen and oxygen atoms in total. The van der Waals surface area contributed by atoms with E-state index < -0.39 is 0 Å². The maximum Gasteiger partial charge on any atom is 0.0391 e. The molecule has 1 heterocycles. The number of rotatable bonds is 1. The lowest BCUT2D eigenvalue weighted by Crippen LogP contribution is -2.37. The van der Waals surface area contributed by atoms with E-state index >= 15 is 0 Å². The predicted octanol–water partition coefficient (Wildman–Crippen LogP) is 2.51. The van der Waals surface area contributed by atoms with Crippen molar-refractivity contribution in [2.24, 2.45) is 11.7 Å². The van der Waals surface area contributed by atoms with Crippen molar-refractivity contribution >= 4 is 5.69 Å². The number of benzene rings is 1. The van der Waals surface area contributed by atoms with Crippen LogP contribution in [0.3, 0.4) is 0 Å². The van der Waals surface area contributed by atoms with Crippen molar-refractivity contribution in [3.63, 3.8) is 0 Å². The van der Waals surface area contributed by atoms with Crippen LogP contribution in [-0.2, 0) is 6.42 Å². The van der Waals surface area contributed by atoms with Crippen LogP contribution in [0.5, 0.6) is 0 Å². The lowest BCUT2D eigenvalue weighted by molar-refractivity contribution is 0.407. The van der Waals surface area contributed by atoms with Crippen molar-refractivity contribution in [3.8, 4) is 0 Å². The van der Waals surface area contributed by atoms with Crippen LogP contribution in [0.15, 0.2) is 18.2 Å². The molecule has 3 unspecified atom stereocenters. The van der Waals surface area contributed by atoms with E-state index in [1.807, 2.05) is 0 Å². The number of fused-ring (bicyclic) bond motifs is 1. The largest absolute Gasteiger partial charge is 0.382 e. The minimum atomic E-state index is 0.141. The van der Waals surface area contributed by atoms with Gasteiger partial charge in [-0.2, -0.15) is 0 Å². The minimum Gasteiger partial charge on any atom is -0.382 e. The second-order valence-electron chi connectivity index (χ2n) is 4.49. The molecule has 0 aromatic heterocycles. The molecule has 3 atom stereocenters. The molecular weight excluding hydrogens is 184 g/mol. The first-order valence-corrected chi connectivity index (χ1v) is 5.57. The van der Waals surface area contributed by atoms with Gasteiger partial charge in [0.05, 0.1) is 0 Å². The molecular formula is C13H19N2. The van der Waals surface area contributed by atoms with E-state index in [2.05, 4.69) is 44.3 Å². The summed E-state index contributed by atoms with van der Waals surface area (Å²) in [7, 11) is 0. The fourth-order valence-corrected chi connectivity index (χ4v) is 2.15. The van der Waals surface area contributed by atoms with Gasteiger partial charge in [0.1, 0.15) is 0 Å². The summed E-state index contributed by atoms with van der Waals surface area (Å²) in [6, 6.07) is 7.01. The number of nitrogens with two attached hydrogens (primary N) is 1. The third-order valence-electron chi connectivity index (χ3n) is 3.50. The molecule has 1 radical (unpaired) electrons. The standard InChI is InChI=1S/C13H19N2/c1-4-10-5-6-12-11(7-10)13(14)8(2)9(3)15-12/h5-9,13,15H,1,4,14H2,2-3H3. The maximum absolute atomic E-state index is 6.24. The van der Waals surface area contributed by atoms with Gasteiger partial charge in [-0.25, -0.2) is 0 Å². The summed E-state index contributed by atoms with van der Waals surface area (Å²) in [5.74, 6) is 0.470. The highest BCUT2D eigenvalue weighted by atomic mass is 15.0. The Kier molecular flexibility index (Phi) is 2.70. The molecule has 1 aromatic rings. The van der Waals surface area contributed by atoms with Crippen molar-refractivity contribution in [2.45, 2.75) is 32.4 Å². The van der Waals surface area contributed by atoms with Gasteiger partial charge in [0.25, 0.3) is 0 Å². The Morgan fingerprint density at radius 2 is 2.13 bits per heavy atom. The van der Waals surface area contributed by atoms with E-state index in [0.717, 1.165) is 6.42 Å². The highest BCUT2D eigenvalue weighted by Gasteiger charge is 2.28. The van der Waals surface area contributed by atoms with Gasteiger partial charge in [0.15, 0.2) is 0 Å². The fourth-order valence-electron chi connectivity index (χ4n) is 2.15. The van der Waals surface area contributed by atoms with Crippen LogP contribution in [0.4, 0.5) is 5.69 Å². The van der Waals surface area contributed by atoms with Gasteiger partial charge in [0, 0.05) is 17.8 Å². The van der Waals surface area contributed by atoms with E-state index in [-0.39, 0.29) is 6.04 Å². The molecule has 15 heavy (non-hydrogen) atoms. The summed E-state index contributed by atoms with van der Waals surface area (Å²) >= 11 is 0. The molecule has 1 aliphatic rings. The monoisotopic (exact) mass is 203 g/mol. The molecule has 2 rings (SSSR count). The molecule has 0 bridgehead atoms. The third kappa shape index (κ3) is 1.74. The number of hydrogen-bond donors (Lipinski definition) is 2. The average Bonchev–Trinajstić information content (AvgIpc) is 2.26. The van der Waals surface area contributed by atoms with Crippen molar-refractivity contribution in [1.29, 1.82) is 0 Å². The Balaban J connectivity index is 2.42. The molecule has 1 aromatic carbocycles. The van der Waals surface area contributed by atoms with Gasteiger partial charge in [-0.05, 0) is 43.4 Å². The molecule has 0 amide bonds. The van der Waals surface area contributed by atoms with Crippen LogP contribution in [0, 0.1) is 12.8 Å². The first kappa shape index (κ1) is 10.5. The van der Waals surface area contributed by atoms with Crippen LogP contribution in [0.25, 0.3) is 0 Å². The molecule has 3 N–H and O–H groups in total. The summed E-state index contributed by atoms with van der Waals surface area (Å²) in [5, 5.41) is 3.49. The number of anilines is 1. The first-order chi connectivity index (χ1) is 7.13. The Bertz CT molecular complexity index is 360. The van der Waals surface area contributed by atoms with E-state index in [1.165, 1.54) is 16.8 Å². The number of hydrogen-bond acceptors (Lipinski definition) is 2. The van der Waals surface area contributed by atoms with Crippen LogP contribution in [-0.4, -0.2) is 6.04 Å². The highest BCUT2D eigenvalue weighted by molar-refractivity contribution is 5.57. The molecule has 0 saturated heterocycles. The van der Waals surface area contributed by atoms with Crippen LogP contribution < -0.4 is 11.1 Å². The summed E-state index contributed by atoms with van der Waals surface area (Å²) in [5.41, 5.74) is 9.92. The smallest absolute Gasteiger partial charge is 0.0391 e. The molecule has 0 spiro atoms. The summed E-state index contributed by atoms with van der Waals surface area (Å²) in [6.45, 7) is 8.28. The molecule has 1 aliphatic heterocycles. The van der Waals surface area contributed by atoms with Crippen LogP contribution in [0.1, 0.15) is 31.0 Å². The average molecular weight is 203 g/mol. The number of nitrogens with one attached hydrogen (secondary N) is 1. The van der Waals surface area contributed by atoms with Crippen LogP contribution >= 0.6 is 0 Å². The van der Waals surface area contributed by atoms with Crippen molar-refractivity contribution in [3.05, 3.63) is 36.2 Å². The summed E-state index contributed by atoms with van der Waals surface area (Å²) < 4.78 is 0. The third-order valence-corrected chi connectivity index (χ3v) is 3.50. The topological polar surface area (TPSA) is 38.0 Å². The molecule has 2 heteroatoms. The van der Waals surface area contributed by atoms with Crippen LogP contribution in [0.2, 0.25) is 0 Å². The van der Waals surface area contributed by atoms with Gasteiger partial charge in [-0.3, -0.25) is 0 Å². The predicted molar refractivity (Wildman–Crippen MR) is 64.7 cm³/mol. The first-order valence-electron chi connectivity index (χ1n) is 5.57. The van der Waals surface area contributed by atoms with Gasteiger partial charge in [0.2, 0.25) is 0 Å². The summed E-state index contributed by atoms with van der Waals surface area (Å²) in [4.78, 5) is 0. The lowest BCUT2D eigenvalue weighted by Gasteiger charge is -2.35. The summed E-state index contributed by atoms with van der Waals surface area (Å²) in [6.07, 6.45) is 0.823. The second-order valence-corrected chi connectivity index (χ2v) is 4.49. The Morgan fingerprint density at radius 3 is 2.80 bits per heavy atom. The minimum absolute atomic E-state index is 0.141. The lowest BCUT2D eigenvalue weighted by atomic mass is 9.84. The molecule has 0 fully saturated rings. The second kappa shape index (κ2) is 3.86. The van der Waals surface area contributed by atoms with Crippen molar-refractivity contribution in [1.82, 2.24) is 0 Å². The van der Waals surface area contributed by atoms with Gasteiger partial charge >= 0.3 is 0 Å². The SMILES string of the molecule is [CH2]Cc1ccc2c(c1)C(N)C(C)C(C)N2. The zero-order chi connectivity index (χ0) is 11.0. The van der Waals surface area contributed by atoms with Gasteiger partial charge < -0.3 is 11.1 Å². The molecule has 0 aliphatic carbocycles. The van der Waals surface area contributed by atoms with Gasteiger partial charge in [-0.1, -0.05) is 19.1 Å². The van der Waals surface area contributed by atoms with Crippen molar-refractivity contribution in [2.75, 3.05) is 5.32 Å². The normalized spacial score (nSPS) is 29.5. The van der Waals surface area contributed by atoms with E-state index in [9.17, 15) is 0 Å². The quantitative estimate of drug-likeness (QED) is 0.736. The zero-order valence-corrected chi connectivity index (χ0v) is 9.46. The Morgan fingerprint density at radius 1 is 1.40 bits per heavy atom. The maximum atomic E-state index is 6.24. The van der Waals surface area contributed by atoms with E-state index in [0.29, 0.717) is 12.0 Å². The van der Waals surface area contributed by atoms with Gasteiger partial charge in [-0.15, -0.1) is 0 Å². The Hall–Kier alpha value is -1.02. The fraction of sp³-hybridized carbons (Fsp3) is 0.462. The van der Waals surface area contributed by atoms with E-state index in [4.69, 9.17) is 5.73 Å². The van der Waals surface area contributed by atoms with Crippen molar-refractivity contribution < 1.29 is 0 Å². The Labute approximate surface area is 91.9 Å². The zero-order valence-electron chi connectivity index (χ0n) is 9.46. The molecule has 81 valence electrons. The molecule has 0 saturated carbocycles. The highest BCUT2D eigenvalue weighted by Crippen LogP contribution is 2.35.